The van der Waals surface area contributed by atoms with E-state index in [2.05, 4.69) is 17.4 Å². The molecule has 4 aromatic carbocycles. The van der Waals surface area contributed by atoms with Gasteiger partial charge in [-0.1, -0.05) is 71.7 Å². The first kappa shape index (κ1) is 26.1. The van der Waals surface area contributed by atoms with Gasteiger partial charge in [-0.05, 0) is 71.7 Å². The third kappa shape index (κ3) is 6.24. The maximum absolute atomic E-state index is 12.7. The first-order valence-corrected chi connectivity index (χ1v) is 12.4. The quantitative estimate of drug-likeness (QED) is 0.185. The molecule has 1 N–H and O–H groups in total. The Morgan fingerprint density at radius 2 is 1.78 bits per heavy atom. The lowest BCUT2D eigenvalue weighted by Crippen LogP contribution is -2.13. The fourth-order valence-electron chi connectivity index (χ4n) is 3.83. The van der Waals surface area contributed by atoms with Crippen LogP contribution >= 0.6 is 23.2 Å². The minimum absolute atomic E-state index is 0.0976. The van der Waals surface area contributed by atoms with E-state index in [0.29, 0.717) is 46.0 Å². The molecule has 0 atom stereocenters. The molecular weight excluding hydrogens is 507 g/mol. The number of nitriles is 1. The Morgan fingerprint density at radius 1 is 1.00 bits per heavy atom. The van der Waals surface area contributed by atoms with Gasteiger partial charge in [0.15, 0.2) is 11.5 Å². The van der Waals surface area contributed by atoms with Crippen LogP contribution in [0.25, 0.3) is 16.8 Å². The molecule has 0 heterocycles. The van der Waals surface area contributed by atoms with Crippen LogP contribution in [0.15, 0.2) is 78.4 Å². The number of carbonyl (C=O) groups is 1. The zero-order valence-corrected chi connectivity index (χ0v) is 21.9. The van der Waals surface area contributed by atoms with Crippen molar-refractivity contribution in [3.63, 3.8) is 0 Å². The molecule has 0 aliphatic rings. The van der Waals surface area contributed by atoms with Gasteiger partial charge < -0.3 is 14.8 Å². The van der Waals surface area contributed by atoms with Crippen LogP contribution in [0.2, 0.25) is 10.0 Å². The Labute approximate surface area is 225 Å². The van der Waals surface area contributed by atoms with E-state index in [4.69, 9.17) is 32.7 Å². The first-order chi connectivity index (χ1) is 17.9. The van der Waals surface area contributed by atoms with E-state index in [1.165, 1.54) is 6.08 Å². The summed E-state index contributed by atoms with van der Waals surface area (Å²) in [5.74, 6) is 0.253. The Hall–Kier alpha value is -3.98. The van der Waals surface area contributed by atoms with Crippen LogP contribution in [0.3, 0.4) is 0 Å². The number of halogens is 2. The summed E-state index contributed by atoms with van der Waals surface area (Å²) in [5, 5.41) is 15.4. The number of fused-ring (bicyclic) bond motifs is 1. The Bertz CT molecular complexity index is 1530. The number of benzene rings is 4. The van der Waals surface area contributed by atoms with E-state index in [-0.39, 0.29) is 5.57 Å². The van der Waals surface area contributed by atoms with Crippen molar-refractivity contribution in [1.29, 1.82) is 5.26 Å². The molecule has 1 amide bonds. The largest absolute Gasteiger partial charge is 0.490 e. The summed E-state index contributed by atoms with van der Waals surface area (Å²) in [7, 11) is 0. The molecular formula is C30H24Cl2N2O3. The van der Waals surface area contributed by atoms with Crippen LogP contribution in [0, 0.1) is 18.3 Å². The molecule has 5 nitrogen and oxygen atoms in total. The number of nitrogens with one attached hydrogen (secondary N) is 1. The molecule has 4 rings (SSSR count). The van der Waals surface area contributed by atoms with Gasteiger partial charge >= 0.3 is 0 Å². The summed E-state index contributed by atoms with van der Waals surface area (Å²) < 4.78 is 11.9. The molecule has 0 bridgehead atoms. The van der Waals surface area contributed by atoms with E-state index in [1.54, 1.807) is 30.3 Å². The zero-order chi connectivity index (χ0) is 26.4. The predicted molar refractivity (Wildman–Crippen MR) is 149 cm³/mol. The predicted octanol–water partition coefficient (Wildman–Crippen LogP) is 7.98. The first-order valence-electron chi connectivity index (χ1n) is 11.6. The highest BCUT2D eigenvalue weighted by atomic mass is 35.5. The third-order valence-electron chi connectivity index (χ3n) is 5.69. The normalized spacial score (nSPS) is 11.2. The van der Waals surface area contributed by atoms with Crippen LogP contribution in [0.1, 0.15) is 23.6 Å². The highest BCUT2D eigenvalue weighted by Crippen LogP contribution is 2.38. The Morgan fingerprint density at radius 3 is 2.54 bits per heavy atom. The van der Waals surface area contributed by atoms with Crippen LogP contribution < -0.4 is 14.8 Å². The number of rotatable bonds is 8. The number of hydrogen-bond acceptors (Lipinski definition) is 4. The number of carbonyl (C=O) groups excluding carboxylic acids is 1. The monoisotopic (exact) mass is 530 g/mol. The van der Waals surface area contributed by atoms with E-state index >= 15 is 0 Å². The van der Waals surface area contributed by atoms with E-state index in [0.717, 1.165) is 21.9 Å². The SMILES string of the molecule is CCOc1cc(/C=C(/C#N)C(=O)Nc2ccc(C)c(Cl)c2)cc(Cl)c1OCc1cccc2ccccc12. The summed E-state index contributed by atoms with van der Waals surface area (Å²) in [5.41, 5.74) is 2.82. The van der Waals surface area contributed by atoms with E-state index < -0.39 is 5.91 Å². The summed E-state index contributed by atoms with van der Waals surface area (Å²) in [6.45, 7) is 4.39. The van der Waals surface area contributed by atoms with Gasteiger partial charge in [0.1, 0.15) is 18.2 Å². The van der Waals surface area contributed by atoms with Crippen molar-refractivity contribution in [2.45, 2.75) is 20.5 Å². The van der Waals surface area contributed by atoms with Crippen molar-refractivity contribution in [3.8, 4) is 17.6 Å². The van der Waals surface area contributed by atoms with Gasteiger partial charge in [0.05, 0.1) is 11.6 Å². The number of nitrogens with zero attached hydrogens (tertiary/aromatic N) is 1. The number of aryl methyl sites for hydroxylation is 1. The number of ether oxygens (including phenoxy) is 2. The molecule has 0 aliphatic heterocycles. The average molecular weight is 531 g/mol. The highest BCUT2D eigenvalue weighted by molar-refractivity contribution is 6.32. The van der Waals surface area contributed by atoms with E-state index in [9.17, 15) is 10.1 Å². The van der Waals surface area contributed by atoms with Crippen molar-refractivity contribution in [2.75, 3.05) is 11.9 Å². The molecule has 0 saturated carbocycles. The van der Waals surface area contributed by atoms with Gasteiger partial charge in [-0.3, -0.25) is 4.79 Å². The van der Waals surface area contributed by atoms with Gasteiger partial charge in [0.2, 0.25) is 0 Å². The second kappa shape index (κ2) is 11.8. The van der Waals surface area contributed by atoms with E-state index in [1.807, 2.05) is 50.2 Å². The molecule has 0 aromatic heterocycles. The maximum atomic E-state index is 12.7. The smallest absolute Gasteiger partial charge is 0.266 e. The molecule has 37 heavy (non-hydrogen) atoms. The summed E-state index contributed by atoms with van der Waals surface area (Å²) in [4.78, 5) is 12.7. The second-order valence-electron chi connectivity index (χ2n) is 8.28. The Balaban J connectivity index is 1.59. The topological polar surface area (TPSA) is 71.3 Å². The minimum atomic E-state index is -0.562. The van der Waals surface area contributed by atoms with Gasteiger partial charge in [0, 0.05) is 10.7 Å². The van der Waals surface area contributed by atoms with Crippen LogP contribution in [0.4, 0.5) is 5.69 Å². The molecule has 0 aliphatic carbocycles. The lowest BCUT2D eigenvalue weighted by Gasteiger charge is -2.15. The number of hydrogen-bond donors (Lipinski definition) is 1. The van der Waals surface area contributed by atoms with Crippen molar-refractivity contribution >= 4 is 51.6 Å². The summed E-state index contributed by atoms with van der Waals surface area (Å²) >= 11 is 12.7. The molecule has 0 fully saturated rings. The van der Waals surface area contributed by atoms with Gasteiger partial charge in [-0.2, -0.15) is 5.26 Å². The average Bonchev–Trinajstić information content (AvgIpc) is 2.89. The van der Waals surface area contributed by atoms with Gasteiger partial charge in [-0.25, -0.2) is 0 Å². The molecule has 4 aromatic rings. The molecule has 0 saturated heterocycles. The fourth-order valence-corrected chi connectivity index (χ4v) is 4.28. The Kier molecular flexibility index (Phi) is 8.35. The van der Waals surface area contributed by atoms with Crippen LogP contribution in [-0.2, 0) is 11.4 Å². The fraction of sp³-hybridized carbons (Fsp3) is 0.133. The van der Waals surface area contributed by atoms with Crippen LogP contribution in [-0.4, -0.2) is 12.5 Å². The number of anilines is 1. The maximum Gasteiger partial charge on any atom is 0.266 e. The minimum Gasteiger partial charge on any atom is -0.490 e. The molecule has 186 valence electrons. The van der Waals surface area contributed by atoms with Crippen LogP contribution in [0.5, 0.6) is 11.5 Å². The van der Waals surface area contributed by atoms with Gasteiger partial charge in [0.25, 0.3) is 5.91 Å². The standard InChI is InChI=1S/C30H24Cl2N2O3/c1-3-36-28-15-20(13-23(17-33)30(35)34-24-12-11-19(2)26(31)16-24)14-27(32)29(28)37-18-22-9-6-8-21-7-4-5-10-25(21)22/h4-16H,3,18H2,1-2H3,(H,34,35)/b23-13-. The van der Waals surface area contributed by atoms with Crippen molar-refractivity contribution in [1.82, 2.24) is 0 Å². The lowest BCUT2D eigenvalue weighted by atomic mass is 10.1. The third-order valence-corrected chi connectivity index (χ3v) is 6.38. The van der Waals surface area contributed by atoms with Crippen molar-refractivity contribution in [3.05, 3.63) is 105 Å². The molecule has 0 radical (unpaired) electrons. The summed E-state index contributed by atoms with van der Waals surface area (Å²) in [6, 6.07) is 24.5. The second-order valence-corrected chi connectivity index (χ2v) is 9.09. The zero-order valence-electron chi connectivity index (χ0n) is 20.3. The van der Waals surface area contributed by atoms with Crippen molar-refractivity contribution < 1.29 is 14.3 Å². The molecule has 0 spiro atoms. The van der Waals surface area contributed by atoms with Gasteiger partial charge in [-0.15, -0.1) is 0 Å². The molecule has 0 unspecified atom stereocenters. The summed E-state index contributed by atoms with van der Waals surface area (Å²) in [6.07, 6.45) is 1.45. The highest BCUT2D eigenvalue weighted by Gasteiger charge is 2.16. The molecule has 7 heteroatoms. The number of amides is 1. The van der Waals surface area contributed by atoms with Crippen molar-refractivity contribution in [2.24, 2.45) is 0 Å². The lowest BCUT2D eigenvalue weighted by molar-refractivity contribution is -0.112.